The molecule has 31 heavy (non-hydrogen) atoms. The Balaban J connectivity index is 1.42. The first kappa shape index (κ1) is 21.3. The number of nitrogens with one attached hydrogen (secondary N) is 1. The summed E-state index contributed by atoms with van der Waals surface area (Å²) in [6.07, 6.45) is 1.48. The Labute approximate surface area is 186 Å². The zero-order valence-electron chi connectivity index (χ0n) is 16.9. The van der Waals surface area contributed by atoms with E-state index in [0.29, 0.717) is 42.6 Å². The van der Waals surface area contributed by atoms with Crippen molar-refractivity contribution in [2.24, 2.45) is 0 Å². The van der Waals surface area contributed by atoms with E-state index >= 15 is 0 Å². The van der Waals surface area contributed by atoms with Gasteiger partial charge in [-0.25, -0.2) is 8.42 Å². The van der Waals surface area contributed by atoms with Crippen molar-refractivity contribution in [3.63, 3.8) is 0 Å². The summed E-state index contributed by atoms with van der Waals surface area (Å²) in [5.41, 5.74) is 2.17. The molecule has 1 aliphatic heterocycles. The van der Waals surface area contributed by atoms with E-state index in [1.165, 1.54) is 6.26 Å². The predicted molar refractivity (Wildman–Crippen MR) is 120 cm³/mol. The van der Waals surface area contributed by atoms with Crippen molar-refractivity contribution in [2.45, 2.75) is 11.8 Å². The van der Waals surface area contributed by atoms with Gasteiger partial charge in [0.05, 0.1) is 27.6 Å². The van der Waals surface area contributed by atoms with E-state index in [0.717, 1.165) is 11.3 Å². The van der Waals surface area contributed by atoms with Gasteiger partial charge in [0.2, 0.25) is 0 Å². The second kappa shape index (κ2) is 8.64. The maximum Gasteiger partial charge on any atom is 0.289 e. The molecule has 0 saturated carbocycles. The van der Waals surface area contributed by atoms with Crippen LogP contribution in [0.3, 0.4) is 0 Å². The largest absolute Gasteiger partial charge is 0.459 e. The van der Waals surface area contributed by atoms with Gasteiger partial charge in [0.15, 0.2) is 5.76 Å². The molecule has 0 spiro atoms. The van der Waals surface area contributed by atoms with Gasteiger partial charge in [-0.3, -0.25) is 9.52 Å². The van der Waals surface area contributed by atoms with Crippen LogP contribution in [0.5, 0.6) is 0 Å². The zero-order chi connectivity index (χ0) is 22.0. The van der Waals surface area contributed by atoms with Gasteiger partial charge in [0, 0.05) is 26.2 Å². The van der Waals surface area contributed by atoms with Gasteiger partial charge in [-0.2, -0.15) is 0 Å². The van der Waals surface area contributed by atoms with Crippen molar-refractivity contribution in [3.8, 4) is 0 Å². The Morgan fingerprint density at radius 2 is 1.74 bits per heavy atom. The van der Waals surface area contributed by atoms with Crippen molar-refractivity contribution >= 4 is 38.9 Å². The molecule has 162 valence electrons. The maximum absolute atomic E-state index is 12.6. The van der Waals surface area contributed by atoms with Crippen molar-refractivity contribution in [1.29, 1.82) is 0 Å². The van der Waals surface area contributed by atoms with Crippen LogP contribution in [0.15, 0.2) is 70.2 Å². The number of piperazine rings is 1. The van der Waals surface area contributed by atoms with Crippen molar-refractivity contribution < 1.29 is 17.6 Å². The lowest BCUT2D eigenvalue weighted by atomic mass is 10.2. The number of hydrogen-bond donors (Lipinski definition) is 1. The molecule has 1 N–H and O–H groups in total. The minimum absolute atomic E-state index is 0.128. The van der Waals surface area contributed by atoms with Crippen LogP contribution in [-0.2, 0) is 10.0 Å². The number of benzene rings is 2. The standard InChI is InChI=1S/C22H22ClN3O4S/c1-16-4-7-18(8-5-16)31(28,29)24-17-6-9-20(19(23)15-17)25-10-12-26(13-11-25)22(27)21-3-2-14-30-21/h2-9,14-15,24H,10-13H2,1H3. The van der Waals surface area contributed by atoms with Gasteiger partial charge in [-0.15, -0.1) is 0 Å². The summed E-state index contributed by atoms with van der Waals surface area (Å²) in [6, 6.07) is 15.1. The molecule has 1 fully saturated rings. The highest BCUT2D eigenvalue weighted by molar-refractivity contribution is 7.92. The van der Waals surface area contributed by atoms with Crippen molar-refractivity contribution in [1.82, 2.24) is 4.90 Å². The van der Waals surface area contributed by atoms with Crippen LogP contribution < -0.4 is 9.62 Å². The molecule has 4 rings (SSSR count). The van der Waals surface area contributed by atoms with E-state index in [-0.39, 0.29) is 10.8 Å². The maximum atomic E-state index is 12.6. The summed E-state index contributed by atoms with van der Waals surface area (Å²) < 4.78 is 33.0. The van der Waals surface area contributed by atoms with E-state index in [1.54, 1.807) is 59.5 Å². The smallest absolute Gasteiger partial charge is 0.289 e. The van der Waals surface area contributed by atoms with E-state index in [1.807, 2.05) is 6.92 Å². The lowest BCUT2D eigenvalue weighted by Crippen LogP contribution is -2.48. The molecular formula is C22H22ClN3O4S. The first-order valence-electron chi connectivity index (χ1n) is 9.80. The molecule has 1 saturated heterocycles. The highest BCUT2D eigenvalue weighted by atomic mass is 35.5. The number of anilines is 2. The number of aryl methyl sites for hydroxylation is 1. The number of rotatable bonds is 5. The minimum atomic E-state index is -3.70. The third-order valence-corrected chi connectivity index (χ3v) is 6.87. The number of nitrogens with zero attached hydrogens (tertiary/aromatic N) is 2. The third kappa shape index (κ3) is 4.70. The number of halogens is 1. The van der Waals surface area contributed by atoms with E-state index in [9.17, 15) is 13.2 Å². The topological polar surface area (TPSA) is 82.9 Å². The Morgan fingerprint density at radius 3 is 2.35 bits per heavy atom. The Morgan fingerprint density at radius 1 is 1.03 bits per heavy atom. The van der Waals surface area contributed by atoms with Gasteiger partial charge in [0.25, 0.3) is 15.9 Å². The van der Waals surface area contributed by atoms with Gasteiger partial charge < -0.3 is 14.2 Å². The molecule has 1 aliphatic rings. The molecule has 0 bridgehead atoms. The molecule has 0 atom stereocenters. The van der Waals surface area contributed by atoms with Gasteiger partial charge >= 0.3 is 0 Å². The molecule has 0 unspecified atom stereocenters. The van der Waals surface area contributed by atoms with Crippen LogP contribution in [0.2, 0.25) is 5.02 Å². The summed E-state index contributed by atoms with van der Waals surface area (Å²) in [5.74, 6) is 0.202. The van der Waals surface area contributed by atoms with Crippen LogP contribution in [0.1, 0.15) is 16.1 Å². The zero-order valence-corrected chi connectivity index (χ0v) is 18.5. The first-order valence-corrected chi connectivity index (χ1v) is 11.7. The molecule has 0 aliphatic carbocycles. The normalized spacial score (nSPS) is 14.5. The van der Waals surface area contributed by atoms with Crippen molar-refractivity contribution in [3.05, 3.63) is 77.2 Å². The summed E-state index contributed by atoms with van der Waals surface area (Å²) in [7, 11) is -3.70. The first-order chi connectivity index (χ1) is 14.8. The number of carbonyl (C=O) groups excluding carboxylic acids is 1. The Hall–Kier alpha value is -2.97. The molecule has 0 radical (unpaired) electrons. The fourth-order valence-corrected chi connectivity index (χ4v) is 4.81. The molecule has 3 aromatic rings. The predicted octanol–water partition coefficient (Wildman–Crippen LogP) is 4.00. The van der Waals surface area contributed by atoms with Crippen LogP contribution in [0, 0.1) is 6.92 Å². The Bertz CT molecular complexity index is 1170. The lowest BCUT2D eigenvalue weighted by molar-refractivity contribution is 0.0714. The minimum Gasteiger partial charge on any atom is -0.459 e. The highest BCUT2D eigenvalue weighted by Gasteiger charge is 2.25. The summed E-state index contributed by atoms with van der Waals surface area (Å²) in [5, 5.41) is 0.440. The van der Waals surface area contributed by atoms with Crippen LogP contribution in [0.25, 0.3) is 0 Å². The fourth-order valence-electron chi connectivity index (χ4n) is 3.46. The lowest BCUT2D eigenvalue weighted by Gasteiger charge is -2.36. The molecule has 1 aromatic heterocycles. The van der Waals surface area contributed by atoms with E-state index in [2.05, 4.69) is 9.62 Å². The third-order valence-electron chi connectivity index (χ3n) is 5.17. The summed E-state index contributed by atoms with van der Waals surface area (Å²) >= 11 is 6.47. The number of hydrogen-bond acceptors (Lipinski definition) is 5. The quantitative estimate of drug-likeness (QED) is 0.623. The van der Waals surface area contributed by atoms with E-state index < -0.39 is 10.0 Å². The molecule has 2 aromatic carbocycles. The van der Waals surface area contributed by atoms with Crippen LogP contribution in [0.4, 0.5) is 11.4 Å². The van der Waals surface area contributed by atoms with Gasteiger partial charge in [-0.05, 0) is 49.4 Å². The second-order valence-electron chi connectivity index (χ2n) is 7.34. The molecular weight excluding hydrogens is 438 g/mol. The summed E-state index contributed by atoms with van der Waals surface area (Å²) in [6.45, 7) is 4.20. The van der Waals surface area contributed by atoms with Crippen LogP contribution in [-0.4, -0.2) is 45.4 Å². The molecule has 2 heterocycles. The van der Waals surface area contributed by atoms with E-state index in [4.69, 9.17) is 16.0 Å². The monoisotopic (exact) mass is 459 g/mol. The molecule has 1 amide bonds. The number of amides is 1. The molecule has 9 heteroatoms. The summed E-state index contributed by atoms with van der Waals surface area (Å²) in [4.78, 5) is 16.4. The van der Waals surface area contributed by atoms with Crippen molar-refractivity contribution in [2.75, 3.05) is 35.8 Å². The van der Waals surface area contributed by atoms with Gasteiger partial charge in [-0.1, -0.05) is 29.3 Å². The average Bonchev–Trinajstić information content (AvgIpc) is 3.28. The highest BCUT2D eigenvalue weighted by Crippen LogP contribution is 2.31. The Kier molecular flexibility index (Phi) is 5.93. The number of carbonyl (C=O) groups is 1. The molecule has 7 nitrogen and oxygen atoms in total. The average molecular weight is 460 g/mol. The fraction of sp³-hybridized carbons (Fsp3) is 0.227. The SMILES string of the molecule is Cc1ccc(S(=O)(=O)Nc2ccc(N3CCN(C(=O)c4ccco4)CC3)c(Cl)c2)cc1. The number of sulfonamides is 1. The number of furan rings is 1. The second-order valence-corrected chi connectivity index (χ2v) is 9.43. The van der Waals surface area contributed by atoms with Crippen LogP contribution >= 0.6 is 11.6 Å². The van der Waals surface area contributed by atoms with Gasteiger partial charge in [0.1, 0.15) is 0 Å².